The summed E-state index contributed by atoms with van der Waals surface area (Å²) in [6, 6.07) is 5.66. The number of amides is 1. The molecule has 8 heteroatoms. The molecule has 1 aliphatic heterocycles. The maximum absolute atomic E-state index is 13.4. The Bertz CT molecular complexity index is 781. The van der Waals surface area contributed by atoms with E-state index in [-0.39, 0.29) is 17.6 Å². The second kappa shape index (κ2) is 9.05. The number of methoxy groups -OCH3 is 1. The van der Waals surface area contributed by atoms with Crippen LogP contribution in [0.25, 0.3) is 0 Å². The number of halogens is 2. The first-order valence-electron chi connectivity index (χ1n) is 8.97. The summed E-state index contributed by atoms with van der Waals surface area (Å²) in [5.74, 6) is -1.68. The second-order valence-electron chi connectivity index (χ2n) is 6.69. The summed E-state index contributed by atoms with van der Waals surface area (Å²) in [6.45, 7) is 2.95. The molecule has 1 aliphatic rings. The molecule has 2 aromatic rings. The van der Waals surface area contributed by atoms with Gasteiger partial charge in [-0.1, -0.05) is 11.2 Å². The van der Waals surface area contributed by atoms with Crippen molar-refractivity contribution in [3.05, 3.63) is 52.9 Å². The van der Waals surface area contributed by atoms with E-state index in [1.54, 1.807) is 19.2 Å². The molecule has 1 fully saturated rings. The quantitative estimate of drug-likeness (QED) is 0.750. The van der Waals surface area contributed by atoms with Crippen molar-refractivity contribution in [1.82, 2.24) is 15.4 Å². The lowest BCUT2D eigenvalue weighted by Crippen LogP contribution is -2.34. The molecule has 3 rings (SSSR count). The lowest BCUT2D eigenvalue weighted by molar-refractivity contribution is 0.0900. The molecule has 1 N–H and O–H groups in total. The lowest BCUT2D eigenvalue weighted by Gasteiger charge is -2.31. The normalized spacial score (nSPS) is 17.8. The molecule has 1 atom stereocenters. The van der Waals surface area contributed by atoms with Crippen LogP contribution >= 0.6 is 0 Å². The molecule has 1 saturated heterocycles. The van der Waals surface area contributed by atoms with Crippen LogP contribution in [0.4, 0.5) is 8.78 Å². The van der Waals surface area contributed by atoms with Crippen molar-refractivity contribution in [2.75, 3.05) is 33.4 Å². The number of hydrogen-bond acceptors (Lipinski definition) is 5. The predicted octanol–water partition coefficient (Wildman–Crippen LogP) is 2.71. The Balaban J connectivity index is 1.59. The van der Waals surface area contributed by atoms with Crippen molar-refractivity contribution in [2.24, 2.45) is 0 Å². The molecule has 0 bridgehead atoms. The van der Waals surface area contributed by atoms with Gasteiger partial charge in [0.2, 0.25) is 5.76 Å². The zero-order valence-electron chi connectivity index (χ0n) is 15.2. The van der Waals surface area contributed by atoms with Crippen LogP contribution in [-0.4, -0.2) is 49.3 Å². The predicted molar refractivity (Wildman–Crippen MR) is 94.3 cm³/mol. The van der Waals surface area contributed by atoms with Gasteiger partial charge in [-0.25, -0.2) is 8.78 Å². The summed E-state index contributed by atoms with van der Waals surface area (Å²) >= 11 is 0. The number of nitrogens with one attached hydrogen (secondary N) is 1. The molecule has 0 aliphatic carbocycles. The standard InChI is InChI=1S/C19H23F2N3O3/c1-26-8-6-22-19(25)18-10-17(23-27-18)14-3-2-7-24(12-14)11-13-4-5-15(20)16(21)9-13/h4-5,9-10,14H,2-3,6-8,11-12H2,1H3,(H,22,25). The molecule has 27 heavy (non-hydrogen) atoms. The van der Waals surface area contributed by atoms with E-state index in [4.69, 9.17) is 9.26 Å². The monoisotopic (exact) mass is 379 g/mol. The van der Waals surface area contributed by atoms with Crippen LogP contribution in [0.2, 0.25) is 0 Å². The van der Waals surface area contributed by atoms with Crippen LogP contribution < -0.4 is 5.32 Å². The highest BCUT2D eigenvalue weighted by atomic mass is 19.2. The van der Waals surface area contributed by atoms with Gasteiger partial charge in [0.25, 0.3) is 5.91 Å². The van der Waals surface area contributed by atoms with E-state index in [0.717, 1.165) is 43.3 Å². The number of carbonyl (C=O) groups excluding carboxylic acids is 1. The molecule has 1 aromatic carbocycles. The highest BCUT2D eigenvalue weighted by molar-refractivity contribution is 5.91. The van der Waals surface area contributed by atoms with Gasteiger partial charge in [-0.2, -0.15) is 0 Å². The van der Waals surface area contributed by atoms with Gasteiger partial charge in [0, 0.05) is 38.7 Å². The van der Waals surface area contributed by atoms with Gasteiger partial charge >= 0.3 is 0 Å². The average Bonchev–Trinajstić information content (AvgIpc) is 3.15. The zero-order chi connectivity index (χ0) is 19.2. The van der Waals surface area contributed by atoms with E-state index in [1.807, 2.05) is 0 Å². The molecular formula is C19H23F2N3O3. The summed E-state index contributed by atoms with van der Waals surface area (Å²) in [6.07, 6.45) is 1.89. The third kappa shape index (κ3) is 5.11. The molecule has 0 spiro atoms. The molecule has 6 nitrogen and oxygen atoms in total. The third-order valence-electron chi connectivity index (χ3n) is 4.66. The number of nitrogens with zero attached hydrogens (tertiary/aromatic N) is 2. The van der Waals surface area contributed by atoms with Gasteiger partial charge in [-0.3, -0.25) is 9.69 Å². The number of rotatable bonds is 7. The van der Waals surface area contributed by atoms with Gasteiger partial charge in [0.05, 0.1) is 12.3 Å². The zero-order valence-corrected chi connectivity index (χ0v) is 15.2. The summed E-state index contributed by atoms with van der Waals surface area (Å²) in [7, 11) is 1.56. The number of benzene rings is 1. The van der Waals surface area contributed by atoms with Crippen molar-refractivity contribution >= 4 is 5.91 Å². The van der Waals surface area contributed by atoms with Gasteiger partial charge < -0.3 is 14.6 Å². The molecule has 0 saturated carbocycles. The number of ether oxygens (including phenoxy) is 1. The Morgan fingerprint density at radius 2 is 2.22 bits per heavy atom. The maximum Gasteiger partial charge on any atom is 0.289 e. The van der Waals surface area contributed by atoms with Gasteiger partial charge in [-0.15, -0.1) is 0 Å². The molecule has 146 valence electrons. The van der Waals surface area contributed by atoms with Crippen molar-refractivity contribution < 1.29 is 22.8 Å². The second-order valence-corrected chi connectivity index (χ2v) is 6.69. The fraction of sp³-hybridized carbons (Fsp3) is 0.474. The van der Waals surface area contributed by atoms with Crippen LogP contribution in [0.5, 0.6) is 0 Å². The average molecular weight is 379 g/mol. The summed E-state index contributed by atoms with van der Waals surface area (Å²) in [5.41, 5.74) is 1.47. The third-order valence-corrected chi connectivity index (χ3v) is 4.66. The van der Waals surface area contributed by atoms with Crippen molar-refractivity contribution in [2.45, 2.75) is 25.3 Å². The fourth-order valence-corrected chi connectivity index (χ4v) is 3.28. The number of aromatic nitrogens is 1. The Morgan fingerprint density at radius 3 is 3.00 bits per heavy atom. The first-order valence-corrected chi connectivity index (χ1v) is 8.97. The number of piperidine rings is 1. The van der Waals surface area contributed by atoms with Crippen LogP contribution in [0.3, 0.4) is 0 Å². The van der Waals surface area contributed by atoms with E-state index in [9.17, 15) is 13.6 Å². The Morgan fingerprint density at radius 1 is 1.37 bits per heavy atom. The van der Waals surface area contributed by atoms with Crippen molar-refractivity contribution in [3.63, 3.8) is 0 Å². The van der Waals surface area contributed by atoms with E-state index in [0.29, 0.717) is 19.7 Å². The topological polar surface area (TPSA) is 67.6 Å². The number of likely N-dealkylation sites (tertiary alicyclic amines) is 1. The lowest BCUT2D eigenvalue weighted by atomic mass is 9.94. The van der Waals surface area contributed by atoms with Crippen molar-refractivity contribution in [1.29, 1.82) is 0 Å². The first kappa shape index (κ1) is 19.4. The van der Waals surface area contributed by atoms with Crippen LogP contribution in [0, 0.1) is 11.6 Å². The molecule has 1 unspecified atom stereocenters. The summed E-state index contributed by atoms with van der Waals surface area (Å²) < 4.78 is 36.6. The van der Waals surface area contributed by atoms with Crippen molar-refractivity contribution in [3.8, 4) is 0 Å². The summed E-state index contributed by atoms with van der Waals surface area (Å²) in [4.78, 5) is 14.2. The van der Waals surface area contributed by atoms with Gasteiger partial charge in [-0.05, 0) is 37.1 Å². The molecule has 1 amide bonds. The molecular weight excluding hydrogens is 356 g/mol. The Labute approximate surface area is 156 Å². The minimum atomic E-state index is -0.839. The van der Waals surface area contributed by atoms with Crippen LogP contribution in [0.1, 0.15) is 40.6 Å². The van der Waals surface area contributed by atoms with Gasteiger partial charge in [0.15, 0.2) is 11.6 Å². The smallest absolute Gasteiger partial charge is 0.289 e. The van der Waals surface area contributed by atoms with E-state index in [1.165, 1.54) is 6.07 Å². The number of hydrogen-bond donors (Lipinski definition) is 1. The van der Waals surface area contributed by atoms with Gasteiger partial charge in [0.1, 0.15) is 0 Å². The fourth-order valence-electron chi connectivity index (χ4n) is 3.28. The highest BCUT2D eigenvalue weighted by Crippen LogP contribution is 2.27. The van der Waals surface area contributed by atoms with Crippen LogP contribution in [0.15, 0.2) is 28.8 Å². The number of carbonyl (C=O) groups is 1. The van der Waals surface area contributed by atoms with E-state index in [2.05, 4.69) is 15.4 Å². The minimum absolute atomic E-state index is 0.133. The summed E-state index contributed by atoms with van der Waals surface area (Å²) in [5, 5.41) is 6.75. The molecule has 2 heterocycles. The van der Waals surface area contributed by atoms with Crippen LogP contribution in [-0.2, 0) is 11.3 Å². The Hall–Kier alpha value is -2.32. The molecule has 0 radical (unpaired) electrons. The largest absolute Gasteiger partial charge is 0.383 e. The maximum atomic E-state index is 13.4. The SMILES string of the molecule is COCCNC(=O)c1cc(C2CCCN(Cc3ccc(F)c(F)c3)C2)no1. The minimum Gasteiger partial charge on any atom is -0.383 e. The Kier molecular flexibility index (Phi) is 6.52. The highest BCUT2D eigenvalue weighted by Gasteiger charge is 2.25. The van der Waals surface area contributed by atoms with E-state index >= 15 is 0 Å². The first-order chi connectivity index (χ1) is 13.1. The van der Waals surface area contributed by atoms with E-state index < -0.39 is 11.6 Å². The molecule has 1 aromatic heterocycles.